The molecule has 1 spiro atoms. The minimum absolute atomic E-state index is 0.242. The first-order valence-electron chi connectivity index (χ1n) is 5.50. The number of rotatable bonds is 0. The zero-order chi connectivity index (χ0) is 10.4. The molecule has 0 bridgehead atoms. The van der Waals surface area contributed by atoms with Crippen LogP contribution in [0.5, 0.6) is 0 Å². The molecule has 3 rings (SSSR count). The van der Waals surface area contributed by atoms with Crippen LogP contribution < -0.4 is 0 Å². The van der Waals surface area contributed by atoms with Gasteiger partial charge in [-0.1, -0.05) is 0 Å². The van der Waals surface area contributed by atoms with Crippen molar-refractivity contribution in [1.82, 2.24) is 4.90 Å². The van der Waals surface area contributed by atoms with Gasteiger partial charge in [0.05, 0.1) is 0 Å². The van der Waals surface area contributed by atoms with Crippen LogP contribution in [0.2, 0.25) is 0 Å². The molecular weight excluding hydrogens is 181 g/mol. The molecule has 82 valence electrons. The molecule has 1 aliphatic carbocycles. The SMILES string of the molecule is CO.C[C@]12CC(F)CN1CCC21CC1. The van der Waals surface area contributed by atoms with E-state index in [1.54, 1.807) is 0 Å². The lowest BCUT2D eigenvalue weighted by Crippen LogP contribution is -2.40. The summed E-state index contributed by atoms with van der Waals surface area (Å²) < 4.78 is 13.2. The Morgan fingerprint density at radius 3 is 2.50 bits per heavy atom. The van der Waals surface area contributed by atoms with E-state index in [-0.39, 0.29) is 5.54 Å². The fourth-order valence-corrected chi connectivity index (χ4v) is 3.51. The van der Waals surface area contributed by atoms with Gasteiger partial charge in [-0.05, 0) is 44.6 Å². The summed E-state index contributed by atoms with van der Waals surface area (Å²) in [5.74, 6) is 0. The van der Waals surface area contributed by atoms with Gasteiger partial charge in [0.1, 0.15) is 6.17 Å². The molecule has 1 unspecified atom stereocenters. The van der Waals surface area contributed by atoms with Crippen molar-refractivity contribution in [3.63, 3.8) is 0 Å². The summed E-state index contributed by atoms with van der Waals surface area (Å²) in [6.07, 6.45) is 4.29. The van der Waals surface area contributed by atoms with Gasteiger partial charge in [0.2, 0.25) is 0 Å². The third-order valence-corrected chi connectivity index (χ3v) is 4.59. The number of alkyl halides is 1. The number of aliphatic hydroxyl groups excluding tert-OH is 1. The Kier molecular flexibility index (Phi) is 2.35. The summed E-state index contributed by atoms with van der Waals surface area (Å²) >= 11 is 0. The van der Waals surface area contributed by atoms with E-state index in [9.17, 15) is 4.39 Å². The molecule has 2 atom stereocenters. The number of hydrogen-bond donors (Lipinski definition) is 1. The average molecular weight is 201 g/mol. The molecule has 0 radical (unpaired) electrons. The zero-order valence-electron chi connectivity index (χ0n) is 9.09. The lowest BCUT2D eigenvalue weighted by molar-refractivity contribution is 0.159. The van der Waals surface area contributed by atoms with Crippen LogP contribution in [0.3, 0.4) is 0 Å². The molecule has 0 aromatic rings. The number of fused-ring (bicyclic) bond motifs is 2. The van der Waals surface area contributed by atoms with Crippen LogP contribution >= 0.6 is 0 Å². The molecule has 1 N–H and O–H groups in total. The van der Waals surface area contributed by atoms with Crippen LogP contribution in [-0.4, -0.2) is 41.9 Å². The predicted molar refractivity (Wildman–Crippen MR) is 53.9 cm³/mol. The predicted octanol–water partition coefficient (Wildman–Crippen LogP) is 1.58. The van der Waals surface area contributed by atoms with Crippen molar-refractivity contribution < 1.29 is 9.50 Å². The minimum Gasteiger partial charge on any atom is -0.400 e. The second-order valence-corrected chi connectivity index (χ2v) is 5.05. The molecule has 0 amide bonds. The summed E-state index contributed by atoms with van der Waals surface area (Å²) in [7, 11) is 1.00. The van der Waals surface area contributed by atoms with Crippen molar-refractivity contribution in [2.45, 2.75) is 44.3 Å². The van der Waals surface area contributed by atoms with Crippen LogP contribution in [0.25, 0.3) is 0 Å². The van der Waals surface area contributed by atoms with E-state index in [0.717, 1.165) is 20.1 Å². The smallest absolute Gasteiger partial charge is 0.115 e. The van der Waals surface area contributed by atoms with Crippen LogP contribution in [0.4, 0.5) is 4.39 Å². The molecule has 2 aliphatic heterocycles. The Morgan fingerprint density at radius 2 is 1.93 bits per heavy atom. The van der Waals surface area contributed by atoms with Gasteiger partial charge in [0.25, 0.3) is 0 Å². The first kappa shape index (κ1) is 10.4. The van der Waals surface area contributed by atoms with Crippen molar-refractivity contribution in [1.29, 1.82) is 0 Å². The monoisotopic (exact) mass is 201 g/mol. The molecule has 2 saturated heterocycles. The Labute approximate surface area is 85.1 Å². The van der Waals surface area contributed by atoms with Crippen molar-refractivity contribution in [2.24, 2.45) is 5.41 Å². The van der Waals surface area contributed by atoms with Gasteiger partial charge in [-0.25, -0.2) is 4.39 Å². The van der Waals surface area contributed by atoms with Crippen LogP contribution in [0.1, 0.15) is 32.6 Å². The summed E-state index contributed by atoms with van der Waals surface area (Å²) in [5.41, 5.74) is 0.792. The first-order valence-corrected chi connectivity index (χ1v) is 5.50. The standard InChI is InChI=1S/C10H16FN.CH4O/c1-9-6-8(11)7-12(9)5-4-10(9)2-3-10;1-2/h8H,2-7H2,1H3;2H,1H3/t8?,9-;/m1./s1. The van der Waals surface area contributed by atoms with Gasteiger partial charge in [-0.3, -0.25) is 4.90 Å². The molecule has 3 fully saturated rings. The Bertz CT molecular complexity index is 229. The Balaban J connectivity index is 0.000000354. The topological polar surface area (TPSA) is 23.5 Å². The fraction of sp³-hybridized carbons (Fsp3) is 1.00. The third-order valence-electron chi connectivity index (χ3n) is 4.59. The van der Waals surface area contributed by atoms with Gasteiger partial charge in [0, 0.05) is 19.2 Å². The van der Waals surface area contributed by atoms with E-state index in [1.165, 1.54) is 19.3 Å². The number of aliphatic hydroxyl groups is 1. The lowest BCUT2D eigenvalue weighted by atomic mass is 9.82. The maximum absolute atomic E-state index is 13.2. The van der Waals surface area contributed by atoms with Gasteiger partial charge < -0.3 is 5.11 Å². The van der Waals surface area contributed by atoms with E-state index in [2.05, 4.69) is 11.8 Å². The number of hydrogen-bond acceptors (Lipinski definition) is 2. The maximum Gasteiger partial charge on any atom is 0.115 e. The van der Waals surface area contributed by atoms with Crippen molar-refractivity contribution in [3.8, 4) is 0 Å². The van der Waals surface area contributed by atoms with Crippen LogP contribution in [-0.2, 0) is 0 Å². The highest BCUT2D eigenvalue weighted by Gasteiger charge is 2.65. The maximum atomic E-state index is 13.2. The number of nitrogens with zero attached hydrogens (tertiary/aromatic N) is 1. The molecule has 0 aromatic carbocycles. The van der Waals surface area contributed by atoms with E-state index < -0.39 is 6.17 Å². The molecule has 3 aliphatic rings. The highest BCUT2D eigenvalue weighted by atomic mass is 19.1. The lowest BCUT2D eigenvalue weighted by Gasteiger charge is -2.33. The fourth-order valence-electron chi connectivity index (χ4n) is 3.51. The molecule has 3 heteroatoms. The average Bonchev–Trinajstić information content (AvgIpc) is 2.85. The minimum atomic E-state index is -0.548. The molecule has 14 heavy (non-hydrogen) atoms. The Morgan fingerprint density at radius 1 is 1.29 bits per heavy atom. The first-order chi connectivity index (χ1) is 6.66. The normalized spacial score (nSPS) is 43.3. The van der Waals surface area contributed by atoms with Gasteiger partial charge in [-0.15, -0.1) is 0 Å². The van der Waals surface area contributed by atoms with Gasteiger partial charge in [-0.2, -0.15) is 0 Å². The van der Waals surface area contributed by atoms with Crippen molar-refractivity contribution in [2.75, 3.05) is 20.2 Å². The second kappa shape index (κ2) is 3.17. The quantitative estimate of drug-likeness (QED) is 0.643. The largest absolute Gasteiger partial charge is 0.400 e. The molecule has 2 heterocycles. The highest BCUT2D eigenvalue weighted by molar-refractivity contribution is 5.19. The van der Waals surface area contributed by atoms with E-state index in [4.69, 9.17) is 5.11 Å². The molecule has 2 nitrogen and oxygen atoms in total. The molecule has 1 saturated carbocycles. The van der Waals surface area contributed by atoms with Gasteiger partial charge in [0.15, 0.2) is 0 Å². The zero-order valence-corrected chi connectivity index (χ0v) is 9.09. The van der Waals surface area contributed by atoms with Crippen LogP contribution in [0, 0.1) is 5.41 Å². The second-order valence-electron chi connectivity index (χ2n) is 5.05. The third kappa shape index (κ3) is 1.15. The summed E-state index contributed by atoms with van der Waals surface area (Å²) in [5, 5.41) is 7.00. The highest BCUT2D eigenvalue weighted by Crippen LogP contribution is 2.65. The van der Waals surface area contributed by atoms with E-state index in [0.29, 0.717) is 12.0 Å². The number of halogens is 1. The summed E-state index contributed by atoms with van der Waals surface area (Å²) in [4.78, 5) is 2.39. The van der Waals surface area contributed by atoms with Crippen molar-refractivity contribution >= 4 is 0 Å². The summed E-state index contributed by atoms with van der Waals surface area (Å²) in [6, 6.07) is 0. The molecular formula is C11H20FNO. The molecule has 0 aromatic heterocycles. The van der Waals surface area contributed by atoms with Gasteiger partial charge >= 0.3 is 0 Å². The van der Waals surface area contributed by atoms with E-state index >= 15 is 0 Å². The van der Waals surface area contributed by atoms with Crippen molar-refractivity contribution in [3.05, 3.63) is 0 Å². The van der Waals surface area contributed by atoms with Crippen LogP contribution in [0.15, 0.2) is 0 Å². The summed E-state index contributed by atoms with van der Waals surface area (Å²) in [6.45, 7) is 4.14. The van der Waals surface area contributed by atoms with E-state index in [1.807, 2.05) is 0 Å². The Hall–Kier alpha value is -0.150.